The highest BCUT2D eigenvalue weighted by Gasteiger charge is 2.11. The predicted molar refractivity (Wildman–Crippen MR) is 147 cm³/mol. The molecule has 11 heteroatoms. The topological polar surface area (TPSA) is 104 Å². The molecule has 1 aromatic heterocycles. The minimum Gasteiger partial charge on any atom is -0.497 e. The molecule has 0 saturated carbocycles. The van der Waals surface area contributed by atoms with Gasteiger partial charge in [-0.3, -0.25) is 4.79 Å². The molecule has 0 radical (unpaired) electrons. The van der Waals surface area contributed by atoms with Crippen LogP contribution in [0.2, 0.25) is 0 Å². The number of aromatic amines is 1. The Bertz CT molecular complexity index is 1380. The Morgan fingerprint density at radius 3 is 2.70 bits per heavy atom. The van der Waals surface area contributed by atoms with E-state index in [1.807, 2.05) is 55.5 Å². The number of carbonyl (C=O) groups excluding carboxylic acids is 1. The van der Waals surface area contributed by atoms with Crippen LogP contribution in [0.15, 0.2) is 87.9 Å². The van der Waals surface area contributed by atoms with Gasteiger partial charge in [0, 0.05) is 16.2 Å². The molecule has 0 unspecified atom stereocenters. The first-order valence-corrected chi connectivity index (χ1v) is 13.2. The van der Waals surface area contributed by atoms with Gasteiger partial charge in [-0.05, 0) is 48.9 Å². The summed E-state index contributed by atoms with van der Waals surface area (Å²) in [6.07, 6.45) is 0. The molecule has 0 saturated heterocycles. The number of nitrogens with zero attached hydrogens (tertiary/aromatic N) is 3. The van der Waals surface area contributed by atoms with Gasteiger partial charge in [-0.2, -0.15) is 10.1 Å². The lowest BCUT2D eigenvalue weighted by Crippen LogP contribution is -2.14. The highest BCUT2D eigenvalue weighted by molar-refractivity contribution is 7.99. The molecule has 0 aliphatic rings. The molecule has 0 bridgehead atoms. The fourth-order valence-corrected chi connectivity index (χ4v) is 4.73. The Morgan fingerprint density at radius 2 is 1.89 bits per heavy atom. The molecule has 8 nitrogen and oxygen atoms in total. The molecule has 4 rings (SSSR count). The molecular formula is C26H25FN6O2S2. The van der Waals surface area contributed by atoms with Crippen molar-refractivity contribution in [2.75, 3.05) is 23.6 Å². The van der Waals surface area contributed by atoms with Crippen molar-refractivity contribution < 1.29 is 13.9 Å². The number of hydrazone groups is 1. The van der Waals surface area contributed by atoms with Crippen molar-refractivity contribution in [3.05, 3.63) is 89.7 Å². The van der Waals surface area contributed by atoms with Gasteiger partial charge in [0.15, 0.2) is 0 Å². The first kappa shape index (κ1) is 26.2. The fraction of sp³-hybridized carbons (Fsp3) is 0.154. The van der Waals surface area contributed by atoms with E-state index in [4.69, 9.17) is 4.74 Å². The molecule has 1 heterocycles. The summed E-state index contributed by atoms with van der Waals surface area (Å²) in [5.41, 5.74) is 6.23. The number of hydrogen-bond donors (Lipinski definition) is 3. The monoisotopic (exact) mass is 536 g/mol. The highest BCUT2D eigenvalue weighted by atomic mass is 32.2. The summed E-state index contributed by atoms with van der Waals surface area (Å²) in [5, 5.41) is 14.6. The smallest absolute Gasteiger partial charge is 0.240 e. The second kappa shape index (κ2) is 12.9. The van der Waals surface area contributed by atoms with Gasteiger partial charge < -0.3 is 10.1 Å². The molecule has 0 spiro atoms. The SMILES string of the molecule is COc1cccc(/C(C)=N/Nc2nc(SCC(=O)Nc3ccccc3SCc3ccc(F)cc3)n[nH]2)c1. The number of carbonyl (C=O) groups is 1. The lowest BCUT2D eigenvalue weighted by Gasteiger charge is -2.10. The van der Waals surface area contributed by atoms with Crippen molar-refractivity contribution in [3.8, 4) is 5.75 Å². The number of rotatable bonds is 11. The fourth-order valence-electron chi connectivity index (χ4n) is 3.16. The predicted octanol–water partition coefficient (Wildman–Crippen LogP) is 5.81. The zero-order chi connectivity index (χ0) is 26.0. The van der Waals surface area contributed by atoms with Crippen LogP contribution in [0.4, 0.5) is 16.0 Å². The molecular weight excluding hydrogens is 511 g/mol. The summed E-state index contributed by atoms with van der Waals surface area (Å²) in [6.45, 7) is 1.87. The van der Waals surface area contributed by atoms with E-state index in [9.17, 15) is 9.18 Å². The Kier molecular flexibility index (Phi) is 9.17. The van der Waals surface area contributed by atoms with Gasteiger partial charge in [0.05, 0.1) is 24.3 Å². The first-order chi connectivity index (χ1) is 18.0. The zero-order valence-electron chi connectivity index (χ0n) is 20.2. The van der Waals surface area contributed by atoms with Crippen LogP contribution >= 0.6 is 23.5 Å². The second-order valence-corrected chi connectivity index (χ2v) is 9.72. The average molecular weight is 537 g/mol. The minimum absolute atomic E-state index is 0.139. The summed E-state index contributed by atoms with van der Waals surface area (Å²) < 4.78 is 18.4. The quantitative estimate of drug-likeness (QED) is 0.126. The molecule has 3 N–H and O–H groups in total. The van der Waals surface area contributed by atoms with Gasteiger partial charge in [-0.1, -0.05) is 48.2 Å². The maximum Gasteiger partial charge on any atom is 0.240 e. The largest absolute Gasteiger partial charge is 0.497 e. The number of hydrogen-bond acceptors (Lipinski definition) is 8. The highest BCUT2D eigenvalue weighted by Crippen LogP contribution is 2.30. The summed E-state index contributed by atoms with van der Waals surface area (Å²) in [5.74, 6) is 1.48. The molecule has 4 aromatic rings. The number of H-pyrrole nitrogens is 1. The lowest BCUT2D eigenvalue weighted by atomic mass is 10.1. The maximum atomic E-state index is 13.1. The number of benzene rings is 3. The number of para-hydroxylation sites is 1. The maximum absolute atomic E-state index is 13.1. The van der Waals surface area contributed by atoms with E-state index in [0.717, 1.165) is 33.2 Å². The number of nitrogens with one attached hydrogen (secondary N) is 3. The van der Waals surface area contributed by atoms with Crippen LogP contribution in [0.5, 0.6) is 5.75 Å². The van der Waals surface area contributed by atoms with E-state index in [1.165, 1.54) is 23.9 Å². The lowest BCUT2D eigenvalue weighted by molar-refractivity contribution is -0.113. The molecule has 0 fully saturated rings. The Hall–Kier alpha value is -3.83. The summed E-state index contributed by atoms with van der Waals surface area (Å²) in [6, 6.07) is 21.6. The summed E-state index contributed by atoms with van der Waals surface area (Å²) in [7, 11) is 1.62. The van der Waals surface area contributed by atoms with Crippen molar-refractivity contribution >= 4 is 46.8 Å². The van der Waals surface area contributed by atoms with Gasteiger partial charge in [0.25, 0.3) is 0 Å². The molecule has 190 valence electrons. The van der Waals surface area contributed by atoms with E-state index in [1.54, 1.807) is 31.0 Å². The molecule has 37 heavy (non-hydrogen) atoms. The van der Waals surface area contributed by atoms with Crippen LogP contribution < -0.4 is 15.5 Å². The Labute approximate surface area is 222 Å². The average Bonchev–Trinajstić information content (AvgIpc) is 3.39. The second-order valence-electron chi connectivity index (χ2n) is 7.76. The zero-order valence-corrected chi connectivity index (χ0v) is 21.8. The molecule has 0 atom stereocenters. The Balaban J connectivity index is 1.28. The van der Waals surface area contributed by atoms with Gasteiger partial charge in [0.2, 0.25) is 17.0 Å². The van der Waals surface area contributed by atoms with Gasteiger partial charge in [-0.25, -0.2) is 14.9 Å². The van der Waals surface area contributed by atoms with Gasteiger partial charge >= 0.3 is 0 Å². The number of aromatic nitrogens is 3. The van der Waals surface area contributed by atoms with Crippen molar-refractivity contribution in [2.45, 2.75) is 22.7 Å². The molecule has 0 aliphatic heterocycles. The number of methoxy groups -OCH3 is 1. The number of anilines is 2. The molecule has 1 amide bonds. The van der Waals surface area contributed by atoms with Crippen molar-refractivity contribution in [3.63, 3.8) is 0 Å². The van der Waals surface area contributed by atoms with Crippen molar-refractivity contribution in [1.29, 1.82) is 0 Å². The molecule has 3 aromatic carbocycles. The van der Waals surface area contributed by atoms with Crippen LogP contribution in [-0.4, -0.2) is 39.7 Å². The van der Waals surface area contributed by atoms with Crippen molar-refractivity contribution in [2.24, 2.45) is 5.10 Å². The third-order valence-corrected chi connectivity index (χ3v) is 7.07. The van der Waals surface area contributed by atoms with E-state index in [-0.39, 0.29) is 17.5 Å². The standard InChI is InChI=1S/C26H25FN6O2S2/c1-17(19-6-5-7-21(14-19)35-2)30-31-25-29-26(33-32-25)37-16-24(34)28-22-8-3-4-9-23(22)36-15-18-10-12-20(27)13-11-18/h3-14H,15-16H2,1-2H3,(H,28,34)(H2,29,31,32,33)/b30-17+. The van der Waals surface area contributed by atoms with E-state index in [0.29, 0.717) is 16.9 Å². The van der Waals surface area contributed by atoms with E-state index in [2.05, 4.69) is 31.0 Å². The van der Waals surface area contributed by atoms with Crippen LogP contribution in [-0.2, 0) is 10.5 Å². The normalized spacial score (nSPS) is 11.3. The van der Waals surface area contributed by atoms with Crippen LogP contribution in [0.3, 0.4) is 0 Å². The van der Waals surface area contributed by atoms with E-state index >= 15 is 0 Å². The minimum atomic E-state index is -0.260. The first-order valence-electron chi connectivity index (χ1n) is 11.3. The third kappa shape index (κ3) is 7.83. The number of thioether (sulfide) groups is 2. The molecule has 0 aliphatic carbocycles. The summed E-state index contributed by atoms with van der Waals surface area (Å²) in [4.78, 5) is 17.8. The third-order valence-electron chi connectivity index (χ3n) is 5.08. The Morgan fingerprint density at radius 1 is 1.08 bits per heavy atom. The number of amides is 1. The number of halogens is 1. The van der Waals surface area contributed by atoms with E-state index < -0.39 is 0 Å². The van der Waals surface area contributed by atoms with Crippen LogP contribution in [0.25, 0.3) is 0 Å². The number of ether oxygens (including phenoxy) is 1. The van der Waals surface area contributed by atoms with Crippen LogP contribution in [0, 0.1) is 5.82 Å². The summed E-state index contributed by atoms with van der Waals surface area (Å²) >= 11 is 2.78. The van der Waals surface area contributed by atoms with Crippen LogP contribution in [0.1, 0.15) is 18.1 Å². The van der Waals surface area contributed by atoms with Gasteiger partial charge in [0.1, 0.15) is 11.6 Å². The van der Waals surface area contributed by atoms with Crippen molar-refractivity contribution in [1.82, 2.24) is 15.2 Å². The van der Waals surface area contributed by atoms with Gasteiger partial charge in [-0.15, -0.1) is 16.9 Å².